The van der Waals surface area contributed by atoms with Crippen molar-refractivity contribution in [3.8, 4) is 0 Å². The molecule has 0 atom stereocenters. The van der Waals surface area contributed by atoms with E-state index in [-0.39, 0.29) is 10.8 Å². The summed E-state index contributed by atoms with van der Waals surface area (Å²) in [6.07, 6.45) is 0.690. The molecule has 2 rings (SSSR count). The summed E-state index contributed by atoms with van der Waals surface area (Å²) in [5.74, 6) is -0.253. The zero-order valence-electron chi connectivity index (χ0n) is 9.92. The van der Waals surface area contributed by atoms with Crippen molar-refractivity contribution in [2.75, 3.05) is 20.2 Å². The van der Waals surface area contributed by atoms with Crippen LogP contribution in [0.15, 0.2) is 29.2 Å². The Balaban J connectivity index is 2.26. The van der Waals surface area contributed by atoms with Crippen molar-refractivity contribution in [3.05, 3.63) is 29.8 Å². The van der Waals surface area contributed by atoms with E-state index in [0.29, 0.717) is 25.1 Å². The number of hydrogen-bond acceptors (Lipinski definition) is 4. The number of hydrogen-bond donors (Lipinski definition) is 1. The second-order valence-corrected chi connectivity index (χ2v) is 5.65. The van der Waals surface area contributed by atoms with Crippen LogP contribution in [-0.4, -0.2) is 39.0 Å². The van der Waals surface area contributed by atoms with Crippen molar-refractivity contribution < 1.29 is 18.0 Å². The Hall–Kier alpha value is -1.44. The molecule has 0 spiro atoms. The summed E-state index contributed by atoms with van der Waals surface area (Å²) < 4.78 is 25.2. The van der Waals surface area contributed by atoms with E-state index in [1.165, 1.54) is 31.3 Å². The minimum absolute atomic E-state index is 0.122. The highest BCUT2D eigenvalue weighted by Crippen LogP contribution is 2.20. The summed E-state index contributed by atoms with van der Waals surface area (Å²) in [4.78, 5) is 16.5. The van der Waals surface area contributed by atoms with Crippen molar-refractivity contribution in [1.82, 2.24) is 9.79 Å². The van der Waals surface area contributed by atoms with Gasteiger partial charge in [-0.05, 0) is 30.7 Å². The Morgan fingerprint density at radius 2 is 2.00 bits per heavy atom. The first-order chi connectivity index (χ1) is 8.55. The summed E-state index contributed by atoms with van der Waals surface area (Å²) in [5, 5.41) is 2.47. The number of benzene rings is 1. The third-order valence-electron chi connectivity index (χ3n) is 2.63. The maximum absolute atomic E-state index is 12.1. The Kier molecular flexibility index (Phi) is 3.65. The first kappa shape index (κ1) is 13.0. The van der Waals surface area contributed by atoms with Crippen LogP contribution < -0.4 is 5.32 Å². The Morgan fingerprint density at radius 1 is 1.33 bits per heavy atom. The lowest BCUT2D eigenvalue weighted by atomic mass is 10.2. The monoisotopic (exact) mass is 270 g/mol. The van der Waals surface area contributed by atoms with Gasteiger partial charge in [0.25, 0.3) is 15.9 Å². The molecule has 98 valence electrons. The van der Waals surface area contributed by atoms with Gasteiger partial charge in [0.05, 0.1) is 11.5 Å². The first-order valence-electron chi connectivity index (χ1n) is 5.53. The van der Waals surface area contributed by atoms with Crippen LogP contribution in [0.2, 0.25) is 0 Å². The van der Waals surface area contributed by atoms with Crippen molar-refractivity contribution in [2.45, 2.75) is 11.3 Å². The largest absolute Gasteiger partial charge is 0.355 e. The molecule has 1 N–H and O–H groups in total. The maximum atomic E-state index is 12.1. The summed E-state index contributed by atoms with van der Waals surface area (Å²) >= 11 is 0. The number of amides is 1. The maximum Gasteiger partial charge on any atom is 0.265 e. The summed E-state index contributed by atoms with van der Waals surface area (Å²) in [7, 11) is -2.09. The van der Waals surface area contributed by atoms with E-state index in [1.54, 1.807) is 0 Å². The minimum atomic E-state index is -3.61. The lowest BCUT2D eigenvalue weighted by Gasteiger charge is -2.14. The van der Waals surface area contributed by atoms with Crippen molar-refractivity contribution in [1.29, 1.82) is 0 Å². The highest BCUT2D eigenvalue weighted by molar-refractivity contribution is 7.89. The molecule has 1 saturated heterocycles. The van der Waals surface area contributed by atoms with Gasteiger partial charge >= 0.3 is 0 Å². The van der Waals surface area contributed by atoms with Crippen LogP contribution in [0.5, 0.6) is 0 Å². The second kappa shape index (κ2) is 5.05. The van der Waals surface area contributed by atoms with Gasteiger partial charge in [-0.25, -0.2) is 8.42 Å². The smallest absolute Gasteiger partial charge is 0.265 e. The SMILES string of the molecule is CNC(=O)c1ccc(S(=O)(=O)N2CCCO2)cc1. The van der Waals surface area contributed by atoms with Crippen molar-refractivity contribution in [2.24, 2.45) is 0 Å². The second-order valence-electron chi connectivity index (χ2n) is 3.82. The van der Waals surface area contributed by atoms with Crippen molar-refractivity contribution in [3.63, 3.8) is 0 Å². The van der Waals surface area contributed by atoms with E-state index in [9.17, 15) is 13.2 Å². The highest BCUT2D eigenvalue weighted by Gasteiger charge is 2.28. The standard InChI is InChI=1S/C11H14N2O4S/c1-12-11(14)9-3-5-10(6-4-9)18(15,16)13-7-2-8-17-13/h3-6H,2,7-8H2,1H3,(H,12,14). The first-order valence-corrected chi connectivity index (χ1v) is 6.97. The summed E-state index contributed by atoms with van der Waals surface area (Å²) in [6, 6.07) is 5.76. The molecule has 0 unspecified atom stereocenters. The highest BCUT2D eigenvalue weighted by atomic mass is 32.2. The predicted octanol–water partition coefficient (Wildman–Crippen LogP) is 0.372. The molecule has 18 heavy (non-hydrogen) atoms. The molecule has 1 amide bonds. The van der Waals surface area contributed by atoms with E-state index in [2.05, 4.69) is 5.32 Å². The van der Waals surface area contributed by atoms with E-state index >= 15 is 0 Å². The molecule has 1 aromatic rings. The Bertz CT molecular complexity index is 533. The predicted molar refractivity (Wildman–Crippen MR) is 64.3 cm³/mol. The van der Waals surface area contributed by atoms with Crippen LogP contribution in [-0.2, 0) is 14.9 Å². The molecule has 0 saturated carbocycles. The third-order valence-corrected chi connectivity index (χ3v) is 4.32. The molecule has 0 aromatic heterocycles. The molecule has 1 fully saturated rings. The summed E-state index contributed by atoms with van der Waals surface area (Å²) in [5.41, 5.74) is 0.416. The van der Waals surface area contributed by atoms with E-state index in [0.717, 1.165) is 4.47 Å². The van der Waals surface area contributed by atoms with Crippen LogP contribution in [0.25, 0.3) is 0 Å². The van der Waals surface area contributed by atoms with Gasteiger partial charge in [0, 0.05) is 19.2 Å². The Labute approximate surface area is 106 Å². The van der Waals surface area contributed by atoms with Crippen LogP contribution in [0.3, 0.4) is 0 Å². The molecular weight excluding hydrogens is 256 g/mol. The van der Waals surface area contributed by atoms with Gasteiger partial charge in [0.1, 0.15) is 0 Å². The fourth-order valence-corrected chi connectivity index (χ4v) is 2.95. The van der Waals surface area contributed by atoms with Gasteiger partial charge in [0.15, 0.2) is 0 Å². The molecule has 1 aliphatic rings. The Morgan fingerprint density at radius 3 is 2.50 bits per heavy atom. The fourth-order valence-electron chi connectivity index (χ4n) is 1.65. The van der Waals surface area contributed by atoms with E-state index in [4.69, 9.17) is 4.84 Å². The fraction of sp³-hybridized carbons (Fsp3) is 0.364. The zero-order valence-corrected chi connectivity index (χ0v) is 10.7. The van der Waals surface area contributed by atoms with Gasteiger partial charge in [0.2, 0.25) is 0 Å². The molecule has 0 aliphatic carbocycles. The van der Waals surface area contributed by atoms with Gasteiger partial charge in [-0.3, -0.25) is 9.63 Å². The number of rotatable bonds is 3. The van der Waals surface area contributed by atoms with E-state index < -0.39 is 10.0 Å². The van der Waals surface area contributed by atoms with E-state index in [1.807, 2.05) is 0 Å². The molecular formula is C11H14N2O4S. The molecule has 7 heteroatoms. The van der Waals surface area contributed by atoms with Crippen LogP contribution >= 0.6 is 0 Å². The van der Waals surface area contributed by atoms with Crippen LogP contribution in [0.4, 0.5) is 0 Å². The number of sulfonamides is 1. The lowest BCUT2D eigenvalue weighted by Crippen LogP contribution is -2.27. The van der Waals surface area contributed by atoms with Gasteiger partial charge in [-0.15, -0.1) is 0 Å². The number of carbonyl (C=O) groups excluding carboxylic acids is 1. The molecule has 6 nitrogen and oxygen atoms in total. The normalized spacial score (nSPS) is 16.7. The lowest BCUT2D eigenvalue weighted by molar-refractivity contribution is -0.0284. The number of hydroxylamine groups is 1. The van der Waals surface area contributed by atoms with Gasteiger partial charge in [-0.2, -0.15) is 0 Å². The zero-order chi connectivity index (χ0) is 13.2. The van der Waals surface area contributed by atoms with Gasteiger partial charge in [-0.1, -0.05) is 4.47 Å². The van der Waals surface area contributed by atoms with Crippen molar-refractivity contribution >= 4 is 15.9 Å². The number of nitrogens with one attached hydrogen (secondary N) is 1. The molecule has 1 aliphatic heterocycles. The summed E-state index contributed by atoms with van der Waals surface area (Å²) in [6.45, 7) is 0.773. The molecule has 1 aromatic carbocycles. The average Bonchev–Trinajstić information content (AvgIpc) is 2.92. The minimum Gasteiger partial charge on any atom is -0.355 e. The average molecular weight is 270 g/mol. The molecule has 0 bridgehead atoms. The topological polar surface area (TPSA) is 75.7 Å². The van der Waals surface area contributed by atoms with Gasteiger partial charge < -0.3 is 5.32 Å². The quantitative estimate of drug-likeness (QED) is 0.861. The number of carbonyl (C=O) groups is 1. The number of nitrogens with zero attached hydrogens (tertiary/aromatic N) is 1. The van der Waals surface area contributed by atoms with Crippen LogP contribution in [0.1, 0.15) is 16.8 Å². The molecule has 1 heterocycles. The third kappa shape index (κ3) is 2.38. The molecule has 0 radical (unpaired) electrons. The van der Waals surface area contributed by atoms with Crippen LogP contribution in [0, 0.1) is 0 Å².